The Morgan fingerprint density at radius 1 is 1.43 bits per heavy atom. The number of carbonyl (C=O) groups is 2. The summed E-state index contributed by atoms with van der Waals surface area (Å²) in [5.74, 6) is -0.803. The second-order valence-corrected chi connectivity index (χ2v) is 3.61. The van der Waals surface area contributed by atoms with E-state index in [1.807, 2.05) is 13.8 Å². The van der Waals surface area contributed by atoms with E-state index in [1.54, 1.807) is 0 Å². The number of nitrogens with one attached hydrogen (secondary N) is 1. The zero-order chi connectivity index (χ0) is 11.0. The number of rotatable bonds is 7. The second kappa shape index (κ2) is 7.35. The number of unbranched alkanes of at least 4 members (excludes halogenated alkanes) is 1. The first-order chi connectivity index (χ1) is 6.56. The molecule has 0 heterocycles. The molecular formula is C10H19NO3. The van der Waals surface area contributed by atoms with Crippen molar-refractivity contribution in [3.05, 3.63) is 0 Å². The highest BCUT2D eigenvalue weighted by atomic mass is 16.4. The molecule has 1 amide bonds. The maximum absolute atomic E-state index is 11.1. The summed E-state index contributed by atoms with van der Waals surface area (Å²) in [6, 6.07) is 0. The van der Waals surface area contributed by atoms with Crippen LogP contribution in [-0.4, -0.2) is 23.5 Å². The van der Waals surface area contributed by atoms with Crippen molar-refractivity contribution in [2.24, 2.45) is 5.92 Å². The van der Waals surface area contributed by atoms with Gasteiger partial charge in [-0.25, -0.2) is 0 Å². The third-order valence-corrected chi connectivity index (χ3v) is 1.93. The maximum Gasteiger partial charge on any atom is 0.303 e. The van der Waals surface area contributed by atoms with Crippen molar-refractivity contribution in [3.63, 3.8) is 0 Å². The van der Waals surface area contributed by atoms with Gasteiger partial charge in [-0.1, -0.05) is 20.3 Å². The number of hydrogen-bond donors (Lipinski definition) is 2. The molecule has 1 unspecified atom stereocenters. The van der Waals surface area contributed by atoms with Crippen LogP contribution in [0.15, 0.2) is 0 Å². The summed E-state index contributed by atoms with van der Waals surface area (Å²) in [6.45, 7) is 4.30. The van der Waals surface area contributed by atoms with Gasteiger partial charge in [0.2, 0.25) is 5.91 Å². The van der Waals surface area contributed by atoms with E-state index < -0.39 is 5.97 Å². The molecular weight excluding hydrogens is 182 g/mol. The Balaban J connectivity index is 3.50. The summed E-state index contributed by atoms with van der Waals surface area (Å²) in [5.41, 5.74) is 0. The summed E-state index contributed by atoms with van der Waals surface area (Å²) in [4.78, 5) is 21.4. The Morgan fingerprint density at radius 3 is 2.57 bits per heavy atom. The van der Waals surface area contributed by atoms with Crippen molar-refractivity contribution in [1.82, 2.24) is 5.32 Å². The first-order valence-electron chi connectivity index (χ1n) is 5.04. The molecule has 0 fully saturated rings. The molecule has 2 N–H and O–H groups in total. The van der Waals surface area contributed by atoms with E-state index in [-0.39, 0.29) is 18.2 Å². The number of aliphatic carboxylic acids is 1. The smallest absolute Gasteiger partial charge is 0.303 e. The van der Waals surface area contributed by atoms with Gasteiger partial charge in [-0.05, 0) is 12.3 Å². The first-order valence-corrected chi connectivity index (χ1v) is 5.04. The van der Waals surface area contributed by atoms with Gasteiger partial charge in [-0.15, -0.1) is 0 Å². The van der Waals surface area contributed by atoms with Crippen LogP contribution in [-0.2, 0) is 9.59 Å². The fourth-order valence-electron chi connectivity index (χ4n) is 1.08. The van der Waals surface area contributed by atoms with Crippen molar-refractivity contribution < 1.29 is 14.7 Å². The zero-order valence-corrected chi connectivity index (χ0v) is 8.88. The molecule has 14 heavy (non-hydrogen) atoms. The molecule has 0 rings (SSSR count). The lowest BCUT2D eigenvalue weighted by atomic mass is 10.1. The number of hydrogen-bond acceptors (Lipinski definition) is 2. The fourth-order valence-corrected chi connectivity index (χ4v) is 1.08. The van der Waals surface area contributed by atoms with Gasteiger partial charge in [0.15, 0.2) is 0 Å². The van der Waals surface area contributed by atoms with Crippen LogP contribution in [0.2, 0.25) is 0 Å². The van der Waals surface area contributed by atoms with E-state index in [4.69, 9.17) is 5.11 Å². The lowest BCUT2D eigenvalue weighted by Gasteiger charge is -2.09. The molecule has 0 aromatic heterocycles. The van der Waals surface area contributed by atoms with Crippen LogP contribution in [0.25, 0.3) is 0 Å². The van der Waals surface area contributed by atoms with Gasteiger partial charge in [0, 0.05) is 19.4 Å². The van der Waals surface area contributed by atoms with Crippen molar-refractivity contribution in [2.75, 3.05) is 6.54 Å². The summed E-state index contributed by atoms with van der Waals surface area (Å²) in [7, 11) is 0. The Bertz CT molecular complexity index is 192. The molecule has 4 nitrogen and oxygen atoms in total. The van der Waals surface area contributed by atoms with Crippen molar-refractivity contribution in [1.29, 1.82) is 0 Å². The quantitative estimate of drug-likeness (QED) is 0.654. The summed E-state index contributed by atoms with van der Waals surface area (Å²) < 4.78 is 0. The average molecular weight is 201 g/mol. The highest BCUT2D eigenvalue weighted by Crippen LogP contribution is 2.00. The normalized spacial score (nSPS) is 12.1. The molecule has 4 heteroatoms. The summed E-state index contributed by atoms with van der Waals surface area (Å²) >= 11 is 0. The number of amides is 1. The lowest BCUT2D eigenvalue weighted by molar-refractivity contribution is -0.138. The van der Waals surface area contributed by atoms with Gasteiger partial charge in [0.05, 0.1) is 0 Å². The van der Waals surface area contributed by atoms with Crippen LogP contribution in [0.4, 0.5) is 0 Å². The third-order valence-electron chi connectivity index (χ3n) is 1.93. The molecule has 82 valence electrons. The molecule has 0 aliphatic rings. The Labute approximate surface area is 84.7 Å². The number of carbonyl (C=O) groups excluding carboxylic acids is 1. The van der Waals surface area contributed by atoms with Crippen molar-refractivity contribution in [2.45, 2.75) is 39.5 Å². The minimum Gasteiger partial charge on any atom is -0.481 e. The Morgan fingerprint density at radius 2 is 2.07 bits per heavy atom. The first kappa shape index (κ1) is 12.9. The minimum atomic E-state index is -0.819. The lowest BCUT2D eigenvalue weighted by Crippen LogP contribution is -2.28. The van der Waals surface area contributed by atoms with Crippen LogP contribution in [0.5, 0.6) is 0 Å². The zero-order valence-electron chi connectivity index (χ0n) is 8.88. The second-order valence-electron chi connectivity index (χ2n) is 3.61. The molecule has 0 aromatic rings. The topological polar surface area (TPSA) is 66.4 Å². The number of carboxylic acids is 1. The standard InChI is InChI=1S/C10H19NO3/c1-3-4-5-9(12)11-7-8(2)6-10(13)14/h8H,3-7H2,1-2H3,(H,11,12)(H,13,14). The predicted molar refractivity (Wildman–Crippen MR) is 54.0 cm³/mol. The van der Waals surface area contributed by atoms with E-state index in [1.165, 1.54) is 0 Å². The van der Waals surface area contributed by atoms with Crippen molar-refractivity contribution in [3.8, 4) is 0 Å². The van der Waals surface area contributed by atoms with Crippen LogP contribution in [0, 0.1) is 5.92 Å². The number of carboxylic acid groups (broad SMARTS) is 1. The third kappa shape index (κ3) is 7.58. The molecule has 0 radical (unpaired) electrons. The average Bonchev–Trinajstić information content (AvgIpc) is 2.10. The Hall–Kier alpha value is -1.06. The van der Waals surface area contributed by atoms with Gasteiger partial charge in [-0.3, -0.25) is 9.59 Å². The molecule has 0 bridgehead atoms. The SMILES string of the molecule is CCCCC(=O)NCC(C)CC(=O)O. The van der Waals surface area contributed by atoms with E-state index in [9.17, 15) is 9.59 Å². The molecule has 0 saturated heterocycles. The van der Waals surface area contributed by atoms with Gasteiger partial charge in [-0.2, -0.15) is 0 Å². The van der Waals surface area contributed by atoms with Crippen LogP contribution in [0.1, 0.15) is 39.5 Å². The van der Waals surface area contributed by atoms with E-state index in [2.05, 4.69) is 5.32 Å². The van der Waals surface area contributed by atoms with E-state index >= 15 is 0 Å². The molecule has 1 atom stereocenters. The maximum atomic E-state index is 11.1. The minimum absolute atomic E-state index is 0.00178. The largest absolute Gasteiger partial charge is 0.481 e. The molecule has 0 spiro atoms. The highest BCUT2D eigenvalue weighted by molar-refractivity contribution is 5.75. The van der Waals surface area contributed by atoms with Gasteiger partial charge in [0.25, 0.3) is 0 Å². The molecule has 0 saturated carbocycles. The fraction of sp³-hybridized carbons (Fsp3) is 0.800. The van der Waals surface area contributed by atoms with Crippen molar-refractivity contribution >= 4 is 11.9 Å². The van der Waals surface area contributed by atoms with Gasteiger partial charge >= 0.3 is 5.97 Å². The van der Waals surface area contributed by atoms with Crippen LogP contribution < -0.4 is 5.32 Å². The highest BCUT2D eigenvalue weighted by Gasteiger charge is 2.08. The Kier molecular flexibility index (Phi) is 6.80. The predicted octanol–water partition coefficient (Wildman–Crippen LogP) is 1.40. The molecule has 0 aliphatic carbocycles. The van der Waals surface area contributed by atoms with Gasteiger partial charge in [0.1, 0.15) is 0 Å². The van der Waals surface area contributed by atoms with Crippen LogP contribution in [0.3, 0.4) is 0 Å². The molecule has 0 aliphatic heterocycles. The van der Waals surface area contributed by atoms with Crippen LogP contribution >= 0.6 is 0 Å². The van der Waals surface area contributed by atoms with E-state index in [0.29, 0.717) is 13.0 Å². The molecule has 0 aromatic carbocycles. The van der Waals surface area contributed by atoms with Gasteiger partial charge < -0.3 is 10.4 Å². The summed E-state index contributed by atoms with van der Waals surface area (Å²) in [5, 5.41) is 11.2. The summed E-state index contributed by atoms with van der Waals surface area (Å²) in [6.07, 6.45) is 2.53. The monoisotopic (exact) mass is 201 g/mol. The van der Waals surface area contributed by atoms with E-state index in [0.717, 1.165) is 12.8 Å².